The maximum Gasteiger partial charge on any atom is 0.240 e. The zero-order valence-electron chi connectivity index (χ0n) is 15.4. The van der Waals surface area contributed by atoms with E-state index in [-0.39, 0.29) is 24.1 Å². The summed E-state index contributed by atoms with van der Waals surface area (Å²) in [4.78, 5) is 28.9. The van der Waals surface area contributed by atoms with Crippen molar-refractivity contribution < 1.29 is 14.0 Å². The second-order valence-electron chi connectivity index (χ2n) is 6.66. The molecule has 1 aliphatic heterocycles. The summed E-state index contributed by atoms with van der Waals surface area (Å²) < 4.78 is 13.0. The first-order valence-electron chi connectivity index (χ1n) is 9.12. The number of hydrogen-bond acceptors (Lipinski definition) is 4. The van der Waals surface area contributed by atoms with Crippen molar-refractivity contribution in [2.75, 3.05) is 5.32 Å². The number of aliphatic imine (C=N–C) groups is 1. The summed E-state index contributed by atoms with van der Waals surface area (Å²) in [5.74, 6) is -0.767. The summed E-state index contributed by atoms with van der Waals surface area (Å²) in [5, 5.41) is 7.63. The number of hydrogen-bond donors (Lipinski definition) is 2. The van der Waals surface area contributed by atoms with Crippen molar-refractivity contribution in [2.45, 2.75) is 18.2 Å². The lowest BCUT2D eigenvalue weighted by atomic mass is 10.1. The molecule has 2 N–H and O–H groups in total. The summed E-state index contributed by atoms with van der Waals surface area (Å²) in [6.07, 6.45) is 0.0545. The normalized spacial score (nSPS) is 17.5. The Balaban J connectivity index is 1.34. The van der Waals surface area contributed by atoms with E-state index in [1.54, 1.807) is 12.1 Å². The number of amides is 2. The molecule has 0 bridgehead atoms. The van der Waals surface area contributed by atoms with Crippen LogP contribution in [0.15, 0.2) is 71.7 Å². The molecule has 0 aromatic heterocycles. The molecule has 29 heavy (non-hydrogen) atoms. The van der Waals surface area contributed by atoms with E-state index in [0.717, 1.165) is 16.3 Å². The molecule has 1 saturated heterocycles. The Hall–Kier alpha value is -3.19. The lowest BCUT2D eigenvalue weighted by molar-refractivity contribution is -0.122. The maximum absolute atomic E-state index is 13.0. The fourth-order valence-corrected chi connectivity index (χ4v) is 3.98. The monoisotopic (exact) mass is 407 g/mol. The van der Waals surface area contributed by atoms with Gasteiger partial charge in [0.25, 0.3) is 0 Å². The van der Waals surface area contributed by atoms with E-state index in [0.29, 0.717) is 17.4 Å². The Morgan fingerprint density at radius 1 is 1.07 bits per heavy atom. The lowest BCUT2D eigenvalue weighted by Gasteiger charge is -2.08. The molecule has 4 rings (SSSR count). The number of fused-ring (bicyclic) bond motifs is 1. The van der Waals surface area contributed by atoms with E-state index in [4.69, 9.17) is 0 Å². The molecule has 3 aromatic carbocycles. The molecule has 146 valence electrons. The van der Waals surface area contributed by atoms with Crippen LogP contribution in [0.4, 0.5) is 10.1 Å². The highest BCUT2D eigenvalue weighted by atomic mass is 32.2. The number of amidine groups is 1. The minimum Gasteiger partial charge on any atom is -0.326 e. The molecule has 1 aliphatic rings. The fourth-order valence-electron chi connectivity index (χ4n) is 3.02. The van der Waals surface area contributed by atoms with Gasteiger partial charge in [0, 0.05) is 12.1 Å². The van der Waals surface area contributed by atoms with E-state index >= 15 is 0 Å². The summed E-state index contributed by atoms with van der Waals surface area (Å²) in [6.45, 7) is 0.332. The molecule has 1 atom stereocenters. The first kappa shape index (κ1) is 19.1. The van der Waals surface area contributed by atoms with Gasteiger partial charge in [0.1, 0.15) is 11.1 Å². The number of halogens is 1. The summed E-state index contributed by atoms with van der Waals surface area (Å²) in [7, 11) is 0. The molecule has 7 heteroatoms. The zero-order chi connectivity index (χ0) is 20.2. The standard InChI is InChI=1S/C22H18FN3O2S/c23-17-8-5-14(6-9-17)13-24-22-26-21(28)19(29-22)12-20(27)25-18-10-7-15-3-1-2-4-16(15)11-18/h1-11,19H,12-13H2,(H,25,27)(H,24,26,28). The Bertz CT molecular complexity index is 1100. The highest BCUT2D eigenvalue weighted by Gasteiger charge is 2.32. The van der Waals surface area contributed by atoms with Crippen LogP contribution in [0, 0.1) is 5.82 Å². The molecule has 3 aromatic rings. The predicted octanol–water partition coefficient (Wildman–Crippen LogP) is 4.10. The second kappa shape index (κ2) is 8.45. The highest BCUT2D eigenvalue weighted by molar-refractivity contribution is 8.15. The number of anilines is 1. The van der Waals surface area contributed by atoms with Gasteiger partial charge >= 0.3 is 0 Å². The second-order valence-corrected chi connectivity index (χ2v) is 7.85. The minimum atomic E-state index is -0.526. The fraction of sp³-hybridized carbons (Fsp3) is 0.136. The van der Waals surface area contributed by atoms with E-state index in [2.05, 4.69) is 15.6 Å². The van der Waals surface area contributed by atoms with Gasteiger partial charge in [-0.3, -0.25) is 14.6 Å². The van der Waals surface area contributed by atoms with Gasteiger partial charge in [0.05, 0.1) is 6.54 Å². The summed E-state index contributed by atoms with van der Waals surface area (Å²) >= 11 is 1.24. The third-order valence-electron chi connectivity index (χ3n) is 4.50. The molecule has 0 aliphatic carbocycles. The van der Waals surface area contributed by atoms with E-state index in [1.807, 2.05) is 42.5 Å². The van der Waals surface area contributed by atoms with Crippen LogP contribution in [0.3, 0.4) is 0 Å². The van der Waals surface area contributed by atoms with Gasteiger partial charge in [-0.1, -0.05) is 54.2 Å². The maximum atomic E-state index is 13.0. The van der Waals surface area contributed by atoms with Crippen LogP contribution < -0.4 is 10.6 Å². The number of benzene rings is 3. The van der Waals surface area contributed by atoms with Crippen LogP contribution in [0.2, 0.25) is 0 Å². The van der Waals surface area contributed by atoms with Gasteiger partial charge in [-0.2, -0.15) is 0 Å². The molecule has 0 spiro atoms. The van der Waals surface area contributed by atoms with Gasteiger partial charge in [-0.25, -0.2) is 4.39 Å². The van der Waals surface area contributed by atoms with E-state index in [1.165, 1.54) is 23.9 Å². The molecule has 0 saturated carbocycles. The van der Waals surface area contributed by atoms with Gasteiger partial charge in [0.15, 0.2) is 5.17 Å². The van der Waals surface area contributed by atoms with E-state index in [9.17, 15) is 14.0 Å². The first-order valence-corrected chi connectivity index (χ1v) is 10.00. The number of nitrogens with one attached hydrogen (secondary N) is 2. The van der Waals surface area contributed by atoms with Crippen molar-refractivity contribution in [1.82, 2.24) is 5.32 Å². The third kappa shape index (κ3) is 4.81. The van der Waals surface area contributed by atoms with Crippen LogP contribution in [-0.2, 0) is 16.1 Å². The average Bonchev–Trinajstić information content (AvgIpc) is 3.06. The molecular formula is C22H18FN3O2S. The van der Waals surface area contributed by atoms with Crippen molar-refractivity contribution in [2.24, 2.45) is 4.99 Å². The Kier molecular flexibility index (Phi) is 5.57. The zero-order valence-corrected chi connectivity index (χ0v) is 16.2. The van der Waals surface area contributed by atoms with Crippen LogP contribution in [0.5, 0.6) is 0 Å². The van der Waals surface area contributed by atoms with Crippen molar-refractivity contribution in [3.63, 3.8) is 0 Å². The van der Waals surface area contributed by atoms with Crippen LogP contribution >= 0.6 is 11.8 Å². The molecule has 0 radical (unpaired) electrons. The molecule has 2 amide bonds. The number of carbonyl (C=O) groups excluding carboxylic acids is 2. The first-order chi connectivity index (χ1) is 14.1. The summed E-state index contributed by atoms with van der Waals surface area (Å²) in [5.41, 5.74) is 1.54. The third-order valence-corrected chi connectivity index (χ3v) is 5.62. The molecule has 1 heterocycles. The lowest BCUT2D eigenvalue weighted by Crippen LogP contribution is -2.28. The quantitative estimate of drug-likeness (QED) is 0.669. The van der Waals surface area contributed by atoms with Crippen LogP contribution in [0.1, 0.15) is 12.0 Å². The molecule has 1 fully saturated rings. The Labute approximate surface area is 171 Å². The average molecular weight is 407 g/mol. The Morgan fingerprint density at radius 2 is 1.83 bits per heavy atom. The molecule has 1 unspecified atom stereocenters. The molecular weight excluding hydrogens is 389 g/mol. The smallest absolute Gasteiger partial charge is 0.240 e. The molecule has 5 nitrogen and oxygen atoms in total. The number of thioether (sulfide) groups is 1. The minimum absolute atomic E-state index is 0.0545. The number of nitrogens with zero attached hydrogens (tertiary/aromatic N) is 1. The van der Waals surface area contributed by atoms with Crippen molar-refractivity contribution >= 4 is 45.2 Å². The summed E-state index contributed by atoms with van der Waals surface area (Å²) in [6, 6.07) is 19.6. The van der Waals surface area contributed by atoms with Crippen molar-refractivity contribution in [1.29, 1.82) is 0 Å². The Morgan fingerprint density at radius 3 is 2.62 bits per heavy atom. The van der Waals surface area contributed by atoms with Gasteiger partial charge in [-0.05, 0) is 40.6 Å². The van der Waals surface area contributed by atoms with Crippen molar-refractivity contribution in [3.05, 3.63) is 78.1 Å². The number of carbonyl (C=O) groups is 2. The van der Waals surface area contributed by atoms with Gasteiger partial charge in [0.2, 0.25) is 11.8 Å². The number of rotatable bonds is 5. The van der Waals surface area contributed by atoms with Gasteiger partial charge in [-0.15, -0.1) is 0 Å². The van der Waals surface area contributed by atoms with Crippen LogP contribution in [0.25, 0.3) is 10.8 Å². The van der Waals surface area contributed by atoms with E-state index < -0.39 is 5.25 Å². The van der Waals surface area contributed by atoms with Crippen molar-refractivity contribution in [3.8, 4) is 0 Å². The predicted molar refractivity (Wildman–Crippen MR) is 114 cm³/mol. The SMILES string of the molecule is O=C(CC1SC(=NCc2ccc(F)cc2)NC1=O)Nc1ccc2ccccc2c1. The topological polar surface area (TPSA) is 70.6 Å². The highest BCUT2D eigenvalue weighted by Crippen LogP contribution is 2.24. The van der Waals surface area contributed by atoms with Crippen LogP contribution in [-0.4, -0.2) is 22.2 Å². The largest absolute Gasteiger partial charge is 0.326 e. The van der Waals surface area contributed by atoms with Gasteiger partial charge < -0.3 is 10.6 Å².